The third-order valence-electron chi connectivity index (χ3n) is 5.04. The molecule has 0 saturated heterocycles. The van der Waals surface area contributed by atoms with Crippen LogP contribution >= 0.6 is 0 Å². The lowest BCUT2D eigenvalue weighted by Gasteiger charge is -2.18. The van der Waals surface area contributed by atoms with Gasteiger partial charge in [0.2, 0.25) is 0 Å². The zero-order valence-corrected chi connectivity index (χ0v) is 16.0. The number of hydrogen-bond donors (Lipinski definition) is 2. The van der Waals surface area contributed by atoms with E-state index in [0.29, 0.717) is 11.7 Å². The van der Waals surface area contributed by atoms with Crippen molar-refractivity contribution in [3.63, 3.8) is 0 Å². The quantitative estimate of drug-likeness (QED) is 0.547. The van der Waals surface area contributed by atoms with Gasteiger partial charge in [0.25, 0.3) is 5.91 Å². The van der Waals surface area contributed by atoms with Crippen molar-refractivity contribution in [2.75, 3.05) is 5.32 Å². The summed E-state index contributed by atoms with van der Waals surface area (Å²) in [6.07, 6.45) is 15.1. The Morgan fingerprint density at radius 2 is 1.48 bits per heavy atom. The largest absolute Gasteiger partial charge is 0.387 e. The predicted octanol–water partition coefficient (Wildman–Crippen LogP) is 5.43. The second kappa shape index (κ2) is 12.1. The second-order valence-corrected chi connectivity index (χ2v) is 7.25. The van der Waals surface area contributed by atoms with Crippen LogP contribution in [0.2, 0.25) is 0 Å². The van der Waals surface area contributed by atoms with E-state index in [2.05, 4.69) is 10.6 Å². The standard InChI is InChI=1S/C22H30FN3O/c23-19-12-14-21(15-13-19)26-22(27)18(16-24)17-25-20-10-8-6-4-2-1-3-5-7-9-11-20/h12-15,17,20,25H,1-11H2,(H,26,27)/b18-17-. The van der Waals surface area contributed by atoms with Crippen LogP contribution in [0.5, 0.6) is 0 Å². The minimum absolute atomic E-state index is 0.0328. The van der Waals surface area contributed by atoms with Gasteiger partial charge >= 0.3 is 0 Å². The Bertz CT molecular complexity index is 637. The van der Waals surface area contributed by atoms with E-state index in [4.69, 9.17) is 0 Å². The van der Waals surface area contributed by atoms with Crippen LogP contribution in [-0.4, -0.2) is 11.9 Å². The van der Waals surface area contributed by atoms with E-state index in [1.165, 1.54) is 88.3 Å². The van der Waals surface area contributed by atoms with Crippen molar-refractivity contribution in [2.24, 2.45) is 0 Å². The molecule has 0 spiro atoms. The third kappa shape index (κ3) is 8.25. The Kier molecular flexibility index (Phi) is 9.40. The maximum Gasteiger partial charge on any atom is 0.267 e. The molecule has 5 heteroatoms. The molecule has 2 N–H and O–H groups in total. The van der Waals surface area contributed by atoms with Crippen LogP contribution in [-0.2, 0) is 4.79 Å². The molecule has 0 heterocycles. The summed E-state index contributed by atoms with van der Waals surface area (Å²) in [5.41, 5.74) is 0.499. The minimum atomic E-state index is -0.482. The number of rotatable bonds is 4. The second-order valence-electron chi connectivity index (χ2n) is 7.25. The summed E-state index contributed by atoms with van der Waals surface area (Å²) < 4.78 is 13.0. The fraction of sp³-hybridized carbons (Fsp3) is 0.545. The normalized spacial score (nSPS) is 17.9. The van der Waals surface area contributed by atoms with Crippen molar-refractivity contribution in [3.8, 4) is 6.07 Å². The van der Waals surface area contributed by atoms with Gasteiger partial charge in [-0.25, -0.2) is 4.39 Å². The van der Waals surface area contributed by atoms with Crippen molar-refractivity contribution in [3.05, 3.63) is 41.9 Å². The number of amides is 1. The molecule has 1 aromatic rings. The first-order valence-corrected chi connectivity index (χ1v) is 10.1. The SMILES string of the molecule is N#C/C(=C/NC1CCCCCCCCCCC1)C(=O)Nc1ccc(F)cc1. The number of nitrogens with one attached hydrogen (secondary N) is 2. The molecule has 27 heavy (non-hydrogen) atoms. The lowest BCUT2D eigenvalue weighted by Crippen LogP contribution is -2.26. The number of carbonyl (C=O) groups is 1. The van der Waals surface area contributed by atoms with Crippen LogP contribution < -0.4 is 10.6 Å². The molecule has 0 unspecified atom stereocenters. The smallest absolute Gasteiger partial charge is 0.267 e. The number of nitrogens with zero attached hydrogens (tertiary/aromatic N) is 1. The van der Waals surface area contributed by atoms with Crippen molar-refractivity contribution < 1.29 is 9.18 Å². The number of hydrogen-bond acceptors (Lipinski definition) is 3. The Labute approximate surface area is 161 Å². The van der Waals surface area contributed by atoms with Gasteiger partial charge in [-0.05, 0) is 37.1 Å². The van der Waals surface area contributed by atoms with Crippen molar-refractivity contribution in [1.82, 2.24) is 5.32 Å². The monoisotopic (exact) mass is 371 g/mol. The highest BCUT2D eigenvalue weighted by atomic mass is 19.1. The summed E-state index contributed by atoms with van der Waals surface area (Å²) in [6, 6.07) is 7.75. The fourth-order valence-corrected chi connectivity index (χ4v) is 3.41. The highest BCUT2D eigenvalue weighted by molar-refractivity contribution is 6.06. The van der Waals surface area contributed by atoms with E-state index in [-0.39, 0.29) is 11.4 Å². The first kappa shape index (κ1) is 21.0. The van der Waals surface area contributed by atoms with Crippen LogP contribution in [0.4, 0.5) is 10.1 Å². The molecule has 1 aliphatic carbocycles. The number of carbonyl (C=O) groups excluding carboxylic acids is 1. The fourth-order valence-electron chi connectivity index (χ4n) is 3.41. The Hall–Kier alpha value is -2.35. The molecule has 0 bridgehead atoms. The average Bonchev–Trinajstić information content (AvgIpc) is 2.66. The molecule has 1 aliphatic rings. The zero-order valence-electron chi connectivity index (χ0n) is 16.0. The highest BCUT2D eigenvalue weighted by Crippen LogP contribution is 2.17. The van der Waals surface area contributed by atoms with E-state index >= 15 is 0 Å². The summed E-state index contributed by atoms with van der Waals surface area (Å²) in [5.74, 6) is -0.849. The molecule has 1 amide bonds. The van der Waals surface area contributed by atoms with Gasteiger partial charge in [-0.2, -0.15) is 5.26 Å². The van der Waals surface area contributed by atoms with E-state index < -0.39 is 5.91 Å². The van der Waals surface area contributed by atoms with Crippen LogP contribution in [0.25, 0.3) is 0 Å². The third-order valence-corrected chi connectivity index (χ3v) is 5.04. The summed E-state index contributed by atoms with van der Waals surface area (Å²) >= 11 is 0. The van der Waals surface area contributed by atoms with Gasteiger partial charge in [-0.3, -0.25) is 4.79 Å². The van der Waals surface area contributed by atoms with Gasteiger partial charge in [-0.1, -0.05) is 57.8 Å². The Morgan fingerprint density at radius 3 is 2.00 bits per heavy atom. The topological polar surface area (TPSA) is 64.9 Å². The van der Waals surface area contributed by atoms with E-state index in [0.717, 1.165) is 12.8 Å². The van der Waals surface area contributed by atoms with Crippen LogP contribution in [0, 0.1) is 17.1 Å². The molecule has 1 saturated carbocycles. The number of anilines is 1. The van der Waals surface area contributed by atoms with E-state index in [1.54, 1.807) is 0 Å². The molecule has 0 radical (unpaired) electrons. The van der Waals surface area contributed by atoms with Crippen LogP contribution in [0.3, 0.4) is 0 Å². The lowest BCUT2D eigenvalue weighted by molar-refractivity contribution is -0.112. The highest BCUT2D eigenvalue weighted by Gasteiger charge is 2.12. The molecule has 0 aliphatic heterocycles. The van der Waals surface area contributed by atoms with E-state index in [1.807, 2.05) is 6.07 Å². The predicted molar refractivity (Wildman–Crippen MR) is 106 cm³/mol. The molecule has 146 valence electrons. The maximum atomic E-state index is 13.0. The first-order valence-electron chi connectivity index (χ1n) is 10.1. The summed E-state index contributed by atoms with van der Waals surface area (Å²) in [5, 5.41) is 15.2. The summed E-state index contributed by atoms with van der Waals surface area (Å²) in [7, 11) is 0. The van der Waals surface area contributed by atoms with Gasteiger partial charge in [-0.15, -0.1) is 0 Å². The molecular formula is C22H30FN3O. The number of benzene rings is 1. The summed E-state index contributed by atoms with van der Waals surface area (Å²) in [6.45, 7) is 0. The Balaban J connectivity index is 1.90. The Morgan fingerprint density at radius 1 is 0.963 bits per heavy atom. The zero-order chi connectivity index (χ0) is 19.3. The lowest BCUT2D eigenvalue weighted by atomic mass is 9.98. The van der Waals surface area contributed by atoms with Gasteiger partial charge < -0.3 is 10.6 Å². The molecule has 2 rings (SSSR count). The number of nitriles is 1. The maximum absolute atomic E-state index is 13.0. The molecule has 4 nitrogen and oxygen atoms in total. The van der Waals surface area contributed by atoms with Crippen molar-refractivity contribution in [2.45, 2.75) is 76.7 Å². The van der Waals surface area contributed by atoms with Crippen LogP contribution in [0.1, 0.15) is 70.6 Å². The molecule has 0 atom stereocenters. The first-order chi connectivity index (χ1) is 13.2. The van der Waals surface area contributed by atoms with Gasteiger partial charge in [0, 0.05) is 17.9 Å². The van der Waals surface area contributed by atoms with Crippen LogP contribution in [0.15, 0.2) is 36.0 Å². The van der Waals surface area contributed by atoms with Gasteiger partial charge in [0.1, 0.15) is 17.5 Å². The number of halogens is 1. The van der Waals surface area contributed by atoms with E-state index in [9.17, 15) is 14.4 Å². The molecule has 1 fully saturated rings. The summed E-state index contributed by atoms with van der Waals surface area (Å²) in [4.78, 5) is 12.3. The van der Waals surface area contributed by atoms with Crippen molar-refractivity contribution in [1.29, 1.82) is 5.26 Å². The molecular weight excluding hydrogens is 341 g/mol. The van der Waals surface area contributed by atoms with Crippen molar-refractivity contribution >= 4 is 11.6 Å². The molecule has 1 aromatic carbocycles. The average molecular weight is 371 g/mol. The van der Waals surface area contributed by atoms with Gasteiger partial charge in [0.05, 0.1) is 0 Å². The minimum Gasteiger partial charge on any atom is -0.387 e. The molecule has 0 aromatic heterocycles. The van der Waals surface area contributed by atoms with Gasteiger partial charge in [0.15, 0.2) is 0 Å².